The van der Waals surface area contributed by atoms with Crippen LogP contribution in [0.25, 0.3) is 5.65 Å². The van der Waals surface area contributed by atoms with Crippen molar-refractivity contribution in [1.82, 2.24) is 14.6 Å². The number of hydrogen-bond acceptors (Lipinski definition) is 3. The quantitative estimate of drug-likeness (QED) is 0.839. The molecule has 5 heteroatoms. The molecule has 0 radical (unpaired) electrons. The van der Waals surface area contributed by atoms with Crippen LogP contribution in [-0.4, -0.2) is 14.6 Å². The van der Waals surface area contributed by atoms with Gasteiger partial charge in [0.05, 0.1) is 5.69 Å². The summed E-state index contributed by atoms with van der Waals surface area (Å²) in [5.74, 6) is 0.442. The van der Waals surface area contributed by atoms with E-state index in [0.29, 0.717) is 17.3 Å². The Labute approximate surface area is 99.6 Å². The molecular weight excluding hydrogens is 216 g/mol. The fourth-order valence-electron chi connectivity index (χ4n) is 2.10. The fraction of sp³-hybridized carbons (Fsp3) is 0.500. The van der Waals surface area contributed by atoms with Crippen LogP contribution in [0.1, 0.15) is 44.0 Å². The lowest BCUT2D eigenvalue weighted by Gasteiger charge is -2.08. The van der Waals surface area contributed by atoms with Gasteiger partial charge in [-0.2, -0.15) is 0 Å². The zero-order valence-electron chi connectivity index (χ0n) is 10.2. The lowest BCUT2D eigenvalue weighted by atomic mass is 10.00. The minimum Gasteiger partial charge on any atom is -0.325 e. The number of fused-ring (bicyclic) bond motifs is 1. The first-order valence-electron chi connectivity index (χ1n) is 6.01. The number of H-pyrrole nitrogens is 1. The van der Waals surface area contributed by atoms with Gasteiger partial charge < -0.3 is 5.73 Å². The summed E-state index contributed by atoms with van der Waals surface area (Å²) < 4.78 is 1.48. The second kappa shape index (κ2) is 4.71. The van der Waals surface area contributed by atoms with E-state index < -0.39 is 0 Å². The first kappa shape index (κ1) is 11.9. The Morgan fingerprint density at radius 3 is 2.71 bits per heavy atom. The van der Waals surface area contributed by atoms with Crippen molar-refractivity contribution in [3.8, 4) is 0 Å². The molecule has 2 heterocycles. The number of rotatable bonds is 4. The molecule has 92 valence electrons. The first-order chi connectivity index (χ1) is 8.19. The van der Waals surface area contributed by atoms with E-state index >= 15 is 0 Å². The van der Waals surface area contributed by atoms with Crippen molar-refractivity contribution >= 4 is 5.65 Å². The standard InChI is InChI=1S/C12H18N4O/c1-3-8(4-2)10-6-11-14-9(7-13)5-12(17)16(11)15-10/h5-6,8,15H,3-4,7,13H2,1-2H3. The van der Waals surface area contributed by atoms with Gasteiger partial charge in [0.25, 0.3) is 5.56 Å². The first-order valence-corrected chi connectivity index (χ1v) is 6.01. The van der Waals surface area contributed by atoms with Gasteiger partial charge in [-0.25, -0.2) is 9.50 Å². The van der Waals surface area contributed by atoms with Crippen LogP contribution in [0.5, 0.6) is 0 Å². The third kappa shape index (κ3) is 2.10. The Bertz CT molecular complexity index is 565. The highest BCUT2D eigenvalue weighted by Crippen LogP contribution is 2.21. The van der Waals surface area contributed by atoms with E-state index in [1.54, 1.807) is 0 Å². The van der Waals surface area contributed by atoms with Gasteiger partial charge in [0.2, 0.25) is 0 Å². The number of aromatic amines is 1. The summed E-state index contributed by atoms with van der Waals surface area (Å²) in [7, 11) is 0. The van der Waals surface area contributed by atoms with Crippen LogP contribution in [0, 0.1) is 0 Å². The molecule has 0 atom stereocenters. The molecule has 0 aliphatic heterocycles. The van der Waals surface area contributed by atoms with Crippen LogP contribution in [0.3, 0.4) is 0 Å². The highest BCUT2D eigenvalue weighted by atomic mass is 16.1. The SMILES string of the molecule is CCC(CC)c1cc2nc(CN)cc(=O)n2[nH]1. The van der Waals surface area contributed by atoms with E-state index in [4.69, 9.17) is 5.73 Å². The van der Waals surface area contributed by atoms with Crippen molar-refractivity contribution in [1.29, 1.82) is 0 Å². The molecule has 0 bridgehead atoms. The lowest BCUT2D eigenvalue weighted by molar-refractivity contribution is 0.615. The van der Waals surface area contributed by atoms with Crippen molar-refractivity contribution in [2.45, 2.75) is 39.2 Å². The molecule has 0 aliphatic rings. The van der Waals surface area contributed by atoms with E-state index in [1.807, 2.05) is 6.07 Å². The Morgan fingerprint density at radius 1 is 1.41 bits per heavy atom. The summed E-state index contributed by atoms with van der Waals surface area (Å²) in [5, 5.41) is 3.12. The number of nitrogens with one attached hydrogen (secondary N) is 1. The van der Waals surface area contributed by atoms with Crippen molar-refractivity contribution < 1.29 is 0 Å². The van der Waals surface area contributed by atoms with Gasteiger partial charge >= 0.3 is 0 Å². The third-order valence-electron chi connectivity index (χ3n) is 3.16. The molecule has 2 aromatic rings. The highest BCUT2D eigenvalue weighted by Gasteiger charge is 2.12. The molecule has 0 amide bonds. The second-order valence-electron chi connectivity index (χ2n) is 4.21. The summed E-state index contributed by atoms with van der Waals surface area (Å²) in [4.78, 5) is 16.1. The van der Waals surface area contributed by atoms with Gasteiger partial charge in [-0.15, -0.1) is 0 Å². The molecule has 0 spiro atoms. The van der Waals surface area contributed by atoms with E-state index in [0.717, 1.165) is 18.5 Å². The van der Waals surface area contributed by atoms with Crippen molar-refractivity contribution in [3.05, 3.63) is 33.9 Å². The predicted octanol–water partition coefficient (Wildman–Crippen LogP) is 1.38. The minimum absolute atomic E-state index is 0.104. The van der Waals surface area contributed by atoms with Gasteiger partial charge in [0, 0.05) is 30.3 Å². The summed E-state index contributed by atoms with van der Waals surface area (Å²) >= 11 is 0. The lowest BCUT2D eigenvalue weighted by Crippen LogP contribution is -2.17. The monoisotopic (exact) mass is 234 g/mol. The van der Waals surface area contributed by atoms with Gasteiger partial charge in [0.1, 0.15) is 0 Å². The average molecular weight is 234 g/mol. The molecule has 0 saturated heterocycles. The number of aromatic nitrogens is 3. The molecule has 0 saturated carbocycles. The predicted molar refractivity (Wildman–Crippen MR) is 67.0 cm³/mol. The molecule has 3 N–H and O–H groups in total. The summed E-state index contributed by atoms with van der Waals surface area (Å²) in [6, 6.07) is 3.42. The molecule has 5 nitrogen and oxygen atoms in total. The van der Waals surface area contributed by atoms with Gasteiger partial charge in [-0.3, -0.25) is 9.89 Å². The van der Waals surface area contributed by atoms with Gasteiger partial charge in [0.15, 0.2) is 5.65 Å². The third-order valence-corrected chi connectivity index (χ3v) is 3.16. The van der Waals surface area contributed by atoms with E-state index in [2.05, 4.69) is 23.9 Å². The van der Waals surface area contributed by atoms with Gasteiger partial charge in [-0.05, 0) is 12.8 Å². The zero-order valence-corrected chi connectivity index (χ0v) is 10.2. The van der Waals surface area contributed by atoms with Crippen LogP contribution in [0.4, 0.5) is 0 Å². The maximum atomic E-state index is 11.8. The van der Waals surface area contributed by atoms with Crippen molar-refractivity contribution in [3.63, 3.8) is 0 Å². The number of nitrogens with two attached hydrogens (primary N) is 1. The summed E-state index contributed by atoms with van der Waals surface area (Å²) in [6.07, 6.45) is 2.09. The molecular formula is C12H18N4O. The van der Waals surface area contributed by atoms with Crippen molar-refractivity contribution in [2.24, 2.45) is 5.73 Å². The Balaban J connectivity index is 2.57. The molecule has 0 aromatic carbocycles. The Kier molecular flexibility index (Phi) is 3.28. The van der Waals surface area contributed by atoms with E-state index in [-0.39, 0.29) is 12.1 Å². The smallest absolute Gasteiger partial charge is 0.272 e. The Morgan fingerprint density at radius 2 is 2.12 bits per heavy atom. The Hall–Kier alpha value is -1.62. The van der Waals surface area contributed by atoms with E-state index in [1.165, 1.54) is 10.6 Å². The molecule has 0 unspecified atom stereocenters. The van der Waals surface area contributed by atoms with Crippen molar-refractivity contribution in [2.75, 3.05) is 0 Å². The zero-order chi connectivity index (χ0) is 12.4. The second-order valence-corrected chi connectivity index (χ2v) is 4.21. The molecule has 17 heavy (non-hydrogen) atoms. The van der Waals surface area contributed by atoms with Crippen LogP contribution in [0.15, 0.2) is 16.9 Å². The molecule has 2 rings (SSSR count). The van der Waals surface area contributed by atoms with Crippen LogP contribution in [-0.2, 0) is 6.54 Å². The maximum absolute atomic E-state index is 11.8. The number of nitrogens with zero attached hydrogens (tertiary/aromatic N) is 2. The fourth-order valence-corrected chi connectivity index (χ4v) is 2.10. The minimum atomic E-state index is -0.104. The van der Waals surface area contributed by atoms with Crippen LogP contribution in [0.2, 0.25) is 0 Å². The molecule has 2 aromatic heterocycles. The normalized spacial score (nSPS) is 11.5. The average Bonchev–Trinajstić information content (AvgIpc) is 2.75. The van der Waals surface area contributed by atoms with Gasteiger partial charge in [-0.1, -0.05) is 13.8 Å². The van der Waals surface area contributed by atoms with E-state index in [9.17, 15) is 4.79 Å². The highest BCUT2D eigenvalue weighted by molar-refractivity contribution is 5.40. The summed E-state index contributed by atoms with van der Waals surface area (Å²) in [5.41, 5.74) is 7.75. The van der Waals surface area contributed by atoms with Crippen LogP contribution >= 0.6 is 0 Å². The topological polar surface area (TPSA) is 76.2 Å². The molecule has 0 aliphatic carbocycles. The number of hydrogen-bond donors (Lipinski definition) is 2. The molecule has 0 fully saturated rings. The van der Waals surface area contributed by atoms with Crippen LogP contribution < -0.4 is 11.3 Å². The summed E-state index contributed by atoms with van der Waals surface area (Å²) in [6.45, 7) is 4.57. The largest absolute Gasteiger partial charge is 0.325 e. The maximum Gasteiger partial charge on any atom is 0.272 e.